The molecule has 0 unspecified atom stereocenters. The summed E-state index contributed by atoms with van der Waals surface area (Å²) in [5.74, 6) is 0.252. The highest BCUT2D eigenvalue weighted by Crippen LogP contribution is 2.30. The second-order valence-corrected chi connectivity index (χ2v) is 5.15. The number of rotatable bonds is 1. The Bertz CT molecular complexity index is 939. The van der Waals surface area contributed by atoms with Crippen LogP contribution in [0.2, 0.25) is 5.02 Å². The maximum Gasteiger partial charge on any atom is 0.116 e. The standard InChI is InChI=1S/C15H10ClN3O/c16-9-1-3-11-13(7-9)18-19-15(11)14-6-8-5-10(20)2-4-12(8)17-14/h1-7,17,20H,(H,18,19). The van der Waals surface area contributed by atoms with E-state index in [0.29, 0.717) is 5.02 Å². The zero-order valence-corrected chi connectivity index (χ0v) is 11.1. The Hall–Kier alpha value is -2.46. The molecule has 0 bridgehead atoms. The third kappa shape index (κ3) is 1.66. The third-order valence-corrected chi connectivity index (χ3v) is 3.62. The molecule has 4 aromatic rings. The van der Waals surface area contributed by atoms with E-state index < -0.39 is 0 Å². The quantitative estimate of drug-likeness (QED) is 0.493. The van der Waals surface area contributed by atoms with Crippen molar-refractivity contribution < 1.29 is 5.11 Å². The third-order valence-electron chi connectivity index (χ3n) is 3.38. The Labute approximate surface area is 119 Å². The van der Waals surface area contributed by atoms with Gasteiger partial charge in [0.15, 0.2) is 0 Å². The highest BCUT2D eigenvalue weighted by Gasteiger charge is 2.11. The SMILES string of the molecule is Oc1ccc2[nH]c(-c3n[nH]c4cc(Cl)ccc34)cc2c1. The lowest BCUT2D eigenvalue weighted by Gasteiger charge is -1.94. The molecular formula is C15H10ClN3O. The van der Waals surface area contributed by atoms with Crippen molar-refractivity contribution >= 4 is 33.4 Å². The van der Waals surface area contributed by atoms with Crippen molar-refractivity contribution in [2.24, 2.45) is 0 Å². The fourth-order valence-corrected chi connectivity index (χ4v) is 2.62. The van der Waals surface area contributed by atoms with Crippen LogP contribution in [0.15, 0.2) is 42.5 Å². The predicted molar refractivity (Wildman–Crippen MR) is 80.1 cm³/mol. The molecule has 0 radical (unpaired) electrons. The Morgan fingerprint density at radius 1 is 1.00 bits per heavy atom. The number of aromatic amines is 2. The Morgan fingerprint density at radius 3 is 2.80 bits per heavy atom. The van der Waals surface area contributed by atoms with E-state index in [0.717, 1.165) is 33.2 Å². The summed E-state index contributed by atoms with van der Waals surface area (Å²) in [7, 11) is 0. The number of hydrogen-bond acceptors (Lipinski definition) is 2. The maximum absolute atomic E-state index is 9.52. The minimum absolute atomic E-state index is 0.252. The molecule has 0 amide bonds. The van der Waals surface area contributed by atoms with E-state index in [4.69, 9.17) is 11.6 Å². The number of fused-ring (bicyclic) bond motifs is 2. The van der Waals surface area contributed by atoms with Gasteiger partial charge in [-0.05, 0) is 42.5 Å². The van der Waals surface area contributed by atoms with E-state index in [9.17, 15) is 5.11 Å². The Balaban J connectivity index is 1.96. The molecule has 0 saturated carbocycles. The second-order valence-electron chi connectivity index (χ2n) is 4.72. The second kappa shape index (κ2) is 4.02. The molecule has 2 aromatic carbocycles. The highest BCUT2D eigenvalue weighted by atomic mass is 35.5. The number of nitrogens with one attached hydrogen (secondary N) is 2. The van der Waals surface area contributed by atoms with Crippen molar-refractivity contribution in [3.05, 3.63) is 47.5 Å². The van der Waals surface area contributed by atoms with Crippen molar-refractivity contribution in [1.29, 1.82) is 0 Å². The normalized spacial score (nSPS) is 11.4. The molecule has 20 heavy (non-hydrogen) atoms. The molecule has 0 atom stereocenters. The number of aromatic nitrogens is 3. The van der Waals surface area contributed by atoms with Gasteiger partial charge in [-0.15, -0.1) is 0 Å². The minimum atomic E-state index is 0.252. The lowest BCUT2D eigenvalue weighted by molar-refractivity contribution is 0.476. The van der Waals surface area contributed by atoms with Gasteiger partial charge in [0.25, 0.3) is 0 Å². The first-order valence-corrected chi connectivity index (χ1v) is 6.54. The molecule has 0 spiro atoms. The molecule has 4 nitrogen and oxygen atoms in total. The maximum atomic E-state index is 9.52. The zero-order valence-electron chi connectivity index (χ0n) is 10.3. The van der Waals surface area contributed by atoms with E-state index >= 15 is 0 Å². The fraction of sp³-hybridized carbons (Fsp3) is 0. The fourth-order valence-electron chi connectivity index (χ4n) is 2.44. The van der Waals surface area contributed by atoms with Gasteiger partial charge in [0.05, 0.1) is 11.2 Å². The highest BCUT2D eigenvalue weighted by molar-refractivity contribution is 6.31. The van der Waals surface area contributed by atoms with E-state index in [1.165, 1.54) is 0 Å². The van der Waals surface area contributed by atoms with Crippen LogP contribution in [-0.2, 0) is 0 Å². The van der Waals surface area contributed by atoms with Crippen LogP contribution >= 0.6 is 11.6 Å². The number of nitrogens with zero attached hydrogens (tertiary/aromatic N) is 1. The summed E-state index contributed by atoms with van der Waals surface area (Å²) in [6.07, 6.45) is 0. The number of phenolic OH excluding ortho intramolecular Hbond substituents is 1. The summed E-state index contributed by atoms with van der Waals surface area (Å²) in [6, 6.07) is 12.8. The van der Waals surface area contributed by atoms with Crippen molar-refractivity contribution in [1.82, 2.24) is 15.2 Å². The molecule has 3 N–H and O–H groups in total. The topological polar surface area (TPSA) is 64.7 Å². The van der Waals surface area contributed by atoms with Gasteiger partial charge in [-0.3, -0.25) is 5.10 Å². The Morgan fingerprint density at radius 2 is 1.90 bits per heavy atom. The molecule has 4 rings (SSSR count). The van der Waals surface area contributed by atoms with Gasteiger partial charge in [-0.2, -0.15) is 5.10 Å². The molecular weight excluding hydrogens is 274 g/mol. The van der Waals surface area contributed by atoms with Crippen LogP contribution in [0.4, 0.5) is 0 Å². The number of H-pyrrole nitrogens is 2. The number of hydrogen-bond donors (Lipinski definition) is 3. The molecule has 0 fully saturated rings. The monoisotopic (exact) mass is 283 g/mol. The molecule has 0 aliphatic heterocycles. The van der Waals surface area contributed by atoms with E-state index in [1.54, 1.807) is 12.1 Å². The predicted octanol–water partition coefficient (Wildman–Crippen LogP) is 4.07. The van der Waals surface area contributed by atoms with Crippen molar-refractivity contribution in [2.75, 3.05) is 0 Å². The first kappa shape index (κ1) is 11.4. The van der Waals surface area contributed by atoms with Crippen LogP contribution in [0.3, 0.4) is 0 Å². The van der Waals surface area contributed by atoms with Crippen molar-refractivity contribution in [3.8, 4) is 17.1 Å². The average molecular weight is 284 g/mol. The Kier molecular flexibility index (Phi) is 2.28. The lowest BCUT2D eigenvalue weighted by atomic mass is 10.1. The summed E-state index contributed by atoms with van der Waals surface area (Å²) in [6.45, 7) is 0. The van der Waals surface area contributed by atoms with Crippen LogP contribution in [-0.4, -0.2) is 20.3 Å². The van der Waals surface area contributed by atoms with E-state index in [-0.39, 0.29) is 5.75 Å². The molecule has 98 valence electrons. The van der Waals surface area contributed by atoms with E-state index in [2.05, 4.69) is 15.2 Å². The smallest absolute Gasteiger partial charge is 0.116 e. The van der Waals surface area contributed by atoms with Gasteiger partial charge in [0.1, 0.15) is 11.4 Å². The molecule has 0 aliphatic rings. The molecule has 0 saturated heterocycles. The van der Waals surface area contributed by atoms with Gasteiger partial charge < -0.3 is 10.1 Å². The van der Waals surface area contributed by atoms with Gasteiger partial charge in [-0.1, -0.05) is 11.6 Å². The number of aromatic hydroxyl groups is 1. The first-order valence-electron chi connectivity index (χ1n) is 6.16. The minimum Gasteiger partial charge on any atom is -0.508 e. The average Bonchev–Trinajstić information content (AvgIpc) is 3.00. The molecule has 0 aliphatic carbocycles. The summed E-state index contributed by atoms with van der Waals surface area (Å²) in [5, 5.41) is 19.5. The van der Waals surface area contributed by atoms with Gasteiger partial charge in [0, 0.05) is 21.3 Å². The molecule has 2 aromatic heterocycles. The summed E-state index contributed by atoms with van der Waals surface area (Å²) >= 11 is 5.97. The van der Waals surface area contributed by atoms with Crippen LogP contribution in [0.25, 0.3) is 33.2 Å². The first-order chi connectivity index (χ1) is 9.70. The van der Waals surface area contributed by atoms with Gasteiger partial charge in [-0.25, -0.2) is 0 Å². The zero-order chi connectivity index (χ0) is 13.7. The number of benzene rings is 2. The summed E-state index contributed by atoms with van der Waals surface area (Å²) < 4.78 is 0. The number of halogens is 1. The lowest BCUT2D eigenvalue weighted by Crippen LogP contribution is -1.77. The van der Waals surface area contributed by atoms with Gasteiger partial charge >= 0.3 is 0 Å². The van der Waals surface area contributed by atoms with Crippen LogP contribution in [0.1, 0.15) is 0 Å². The molecule has 2 heterocycles. The summed E-state index contributed by atoms with van der Waals surface area (Å²) in [4.78, 5) is 3.31. The van der Waals surface area contributed by atoms with Crippen LogP contribution in [0.5, 0.6) is 5.75 Å². The molecule has 5 heteroatoms. The largest absolute Gasteiger partial charge is 0.508 e. The number of phenols is 1. The van der Waals surface area contributed by atoms with Crippen LogP contribution in [0, 0.1) is 0 Å². The van der Waals surface area contributed by atoms with Gasteiger partial charge in [0.2, 0.25) is 0 Å². The van der Waals surface area contributed by atoms with Crippen molar-refractivity contribution in [2.45, 2.75) is 0 Å². The van der Waals surface area contributed by atoms with E-state index in [1.807, 2.05) is 30.3 Å². The van der Waals surface area contributed by atoms with Crippen LogP contribution < -0.4 is 0 Å². The van der Waals surface area contributed by atoms with Crippen molar-refractivity contribution in [3.63, 3.8) is 0 Å². The summed E-state index contributed by atoms with van der Waals surface area (Å²) in [5.41, 5.74) is 3.60.